The first-order chi connectivity index (χ1) is 10.6. The zero-order valence-electron chi connectivity index (χ0n) is 13.8. The van der Waals surface area contributed by atoms with Crippen LogP contribution in [0, 0.1) is 0 Å². The van der Waals surface area contributed by atoms with Crippen LogP contribution in [0.25, 0.3) is 0 Å². The van der Waals surface area contributed by atoms with Crippen molar-refractivity contribution in [1.29, 1.82) is 0 Å². The summed E-state index contributed by atoms with van der Waals surface area (Å²) in [5.74, 6) is 0.226. The summed E-state index contributed by atoms with van der Waals surface area (Å²) < 4.78 is 5.68. The van der Waals surface area contributed by atoms with Gasteiger partial charge in [0.25, 0.3) is 0 Å². The maximum Gasteiger partial charge on any atom is 0.222 e. The average molecular weight is 311 g/mol. The average Bonchev–Trinajstić information content (AvgIpc) is 2.49. The minimum atomic E-state index is -0.0206. The number of ether oxygens (including phenoxy) is 1. The first-order valence-electron chi connectivity index (χ1n) is 8.46. The zero-order valence-corrected chi connectivity index (χ0v) is 13.8. The van der Waals surface area contributed by atoms with Crippen LogP contribution in [-0.2, 0) is 14.3 Å². The Morgan fingerprint density at radius 3 is 2.91 bits per heavy atom. The van der Waals surface area contributed by atoms with Gasteiger partial charge in [0.1, 0.15) is 0 Å². The molecule has 0 bridgehead atoms. The van der Waals surface area contributed by atoms with Gasteiger partial charge in [-0.3, -0.25) is 14.5 Å². The molecule has 1 unspecified atom stereocenters. The van der Waals surface area contributed by atoms with E-state index >= 15 is 0 Å². The summed E-state index contributed by atoms with van der Waals surface area (Å²) in [5.41, 5.74) is 0. The Bertz CT molecular complexity index is 387. The molecule has 2 saturated heterocycles. The van der Waals surface area contributed by atoms with Crippen LogP contribution >= 0.6 is 0 Å². The van der Waals surface area contributed by atoms with Gasteiger partial charge < -0.3 is 15.0 Å². The van der Waals surface area contributed by atoms with E-state index in [0.29, 0.717) is 38.6 Å². The number of morpholine rings is 1. The molecular formula is C16H29N3O3. The van der Waals surface area contributed by atoms with Crippen LogP contribution < -0.4 is 5.32 Å². The Morgan fingerprint density at radius 2 is 2.18 bits per heavy atom. The predicted octanol–water partition coefficient (Wildman–Crippen LogP) is 0.614. The maximum absolute atomic E-state index is 12.0. The SMILES string of the molecule is CC(C)N1CCOC(CC(=O)NCCN2CCCCC2=O)C1. The van der Waals surface area contributed by atoms with Crippen LogP contribution in [0.3, 0.4) is 0 Å². The predicted molar refractivity (Wildman–Crippen MR) is 84.5 cm³/mol. The van der Waals surface area contributed by atoms with Gasteiger partial charge in [-0.1, -0.05) is 0 Å². The van der Waals surface area contributed by atoms with Gasteiger partial charge in [0.05, 0.1) is 19.1 Å². The molecule has 22 heavy (non-hydrogen) atoms. The van der Waals surface area contributed by atoms with Crippen molar-refractivity contribution < 1.29 is 14.3 Å². The molecule has 2 fully saturated rings. The van der Waals surface area contributed by atoms with Gasteiger partial charge in [0.2, 0.25) is 11.8 Å². The molecule has 0 aromatic rings. The molecule has 1 N–H and O–H groups in total. The van der Waals surface area contributed by atoms with Crippen molar-refractivity contribution in [2.75, 3.05) is 39.3 Å². The van der Waals surface area contributed by atoms with E-state index in [9.17, 15) is 9.59 Å². The number of carbonyl (C=O) groups is 2. The van der Waals surface area contributed by atoms with E-state index in [4.69, 9.17) is 4.74 Å². The summed E-state index contributed by atoms with van der Waals surface area (Å²) in [7, 11) is 0. The molecule has 2 aliphatic rings. The van der Waals surface area contributed by atoms with Crippen LogP contribution in [0.4, 0.5) is 0 Å². The molecule has 0 radical (unpaired) electrons. The topological polar surface area (TPSA) is 61.9 Å². The van der Waals surface area contributed by atoms with Crippen LogP contribution in [0.1, 0.15) is 39.5 Å². The van der Waals surface area contributed by atoms with Crippen molar-refractivity contribution in [3.63, 3.8) is 0 Å². The summed E-state index contributed by atoms with van der Waals surface area (Å²) >= 11 is 0. The number of hydrogen-bond acceptors (Lipinski definition) is 4. The van der Waals surface area contributed by atoms with Crippen molar-refractivity contribution in [1.82, 2.24) is 15.1 Å². The third kappa shape index (κ3) is 5.25. The molecular weight excluding hydrogens is 282 g/mol. The molecule has 2 amide bonds. The lowest BCUT2D eigenvalue weighted by Crippen LogP contribution is -2.47. The molecule has 2 heterocycles. The van der Waals surface area contributed by atoms with Crippen molar-refractivity contribution in [3.8, 4) is 0 Å². The van der Waals surface area contributed by atoms with Crippen molar-refractivity contribution in [2.24, 2.45) is 0 Å². The lowest BCUT2D eigenvalue weighted by Gasteiger charge is -2.35. The quantitative estimate of drug-likeness (QED) is 0.781. The first-order valence-corrected chi connectivity index (χ1v) is 8.46. The highest BCUT2D eigenvalue weighted by atomic mass is 16.5. The largest absolute Gasteiger partial charge is 0.375 e. The molecule has 2 aliphatic heterocycles. The van der Waals surface area contributed by atoms with Crippen molar-refractivity contribution in [3.05, 3.63) is 0 Å². The van der Waals surface area contributed by atoms with Gasteiger partial charge in [0, 0.05) is 45.2 Å². The van der Waals surface area contributed by atoms with Crippen molar-refractivity contribution in [2.45, 2.75) is 51.7 Å². The van der Waals surface area contributed by atoms with E-state index in [2.05, 4.69) is 24.1 Å². The smallest absolute Gasteiger partial charge is 0.222 e. The molecule has 1 atom stereocenters. The van der Waals surface area contributed by atoms with E-state index in [0.717, 1.165) is 32.5 Å². The number of rotatable bonds is 6. The summed E-state index contributed by atoms with van der Waals surface area (Å²) in [6.45, 7) is 8.75. The van der Waals surface area contributed by atoms with Crippen LogP contribution in [0.15, 0.2) is 0 Å². The lowest BCUT2D eigenvalue weighted by atomic mass is 10.1. The Labute approximate surface area is 133 Å². The van der Waals surface area contributed by atoms with Gasteiger partial charge in [-0.2, -0.15) is 0 Å². The normalized spacial score (nSPS) is 23.9. The van der Waals surface area contributed by atoms with Gasteiger partial charge in [-0.15, -0.1) is 0 Å². The molecule has 0 spiro atoms. The highest BCUT2D eigenvalue weighted by molar-refractivity contribution is 5.77. The summed E-state index contributed by atoms with van der Waals surface area (Å²) in [6.07, 6.45) is 3.09. The molecule has 126 valence electrons. The lowest BCUT2D eigenvalue weighted by molar-refractivity contribution is -0.134. The highest BCUT2D eigenvalue weighted by Crippen LogP contribution is 2.12. The van der Waals surface area contributed by atoms with Crippen LogP contribution in [0.2, 0.25) is 0 Å². The Hall–Kier alpha value is -1.14. The second-order valence-electron chi connectivity index (χ2n) is 6.47. The third-order valence-corrected chi connectivity index (χ3v) is 4.44. The standard InChI is InChI=1S/C16H29N3O3/c1-13(2)19-9-10-22-14(12-19)11-15(20)17-6-8-18-7-4-3-5-16(18)21/h13-14H,3-12H2,1-2H3,(H,17,20). The Morgan fingerprint density at radius 1 is 1.36 bits per heavy atom. The summed E-state index contributed by atoms with van der Waals surface area (Å²) in [4.78, 5) is 27.9. The number of likely N-dealkylation sites (tertiary alicyclic amines) is 1. The molecule has 0 saturated carbocycles. The Kier molecular flexibility index (Phi) is 6.64. The number of amides is 2. The molecule has 0 aliphatic carbocycles. The maximum atomic E-state index is 12.0. The number of carbonyl (C=O) groups excluding carboxylic acids is 2. The number of nitrogens with zero attached hydrogens (tertiary/aromatic N) is 2. The summed E-state index contributed by atoms with van der Waals surface area (Å²) in [5, 5.41) is 2.91. The van der Waals surface area contributed by atoms with Gasteiger partial charge in [-0.25, -0.2) is 0 Å². The molecule has 2 rings (SSSR count). The Balaban J connectivity index is 1.64. The molecule has 0 aromatic carbocycles. The van der Waals surface area contributed by atoms with Gasteiger partial charge >= 0.3 is 0 Å². The fraction of sp³-hybridized carbons (Fsp3) is 0.875. The van der Waals surface area contributed by atoms with E-state index < -0.39 is 0 Å². The third-order valence-electron chi connectivity index (χ3n) is 4.44. The van der Waals surface area contributed by atoms with E-state index in [1.165, 1.54) is 0 Å². The van der Waals surface area contributed by atoms with E-state index in [1.54, 1.807) is 0 Å². The molecule has 6 heteroatoms. The van der Waals surface area contributed by atoms with E-state index in [1.807, 2.05) is 4.90 Å². The fourth-order valence-corrected chi connectivity index (χ4v) is 3.04. The molecule has 0 aromatic heterocycles. The van der Waals surface area contributed by atoms with Crippen molar-refractivity contribution >= 4 is 11.8 Å². The number of piperidine rings is 1. The van der Waals surface area contributed by atoms with E-state index in [-0.39, 0.29) is 17.9 Å². The van der Waals surface area contributed by atoms with Crippen LogP contribution in [-0.4, -0.2) is 73.1 Å². The van der Waals surface area contributed by atoms with Crippen LogP contribution in [0.5, 0.6) is 0 Å². The van der Waals surface area contributed by atoms with Gasteiger partial charge in [-0.05, 0) is 26.7 Å². The monoisotopic (exact) mass is 311 g/mol. The fourth-order valence-electron chi connectivity index (χ4n) is 3.04. The first kappa shape index (κ1) is 17.2. The number of nitrogens with one attached hydrogen (secondary N) is 1. The number of hydrogen-bond donors (Lipinski definition) is 1. The molecule has 6 nitrogen and oxygen atoms in total. The summed E-state index contributed by atoms with van der Waals surface area (Å²) in [6, 6.07) is 0.486. The minimum absolute atomic E-state index is 0.0139. The second-order valence-corrected chi connectivity index (χ2v) is 6.47. The zero-order chi connectivity index (χ0) is 15.9. The van der Waals surface area contributed by atoms with Gasteiger partial charge in [0.15, 0.2) is 0 Å². The second kappa shape index (κ2) is 8.48. The minimum Gasteiger partial charge on any atom is -0.375 e. The highest BCUT2D eigenvalue weighted by Gasteiger charge is 2.24.